The molecule has 1 amide bonds. The maximum Gasteiger partial charge on any atom is 0.220 e. The van der Waals surface area contributed by atoms with Gasteiger partial charge in [-0.05, 0) is 12.8 Å². The lowest BCUT2D eigenvalue weighted by atomic mass is 9.85. The molecule has 1 unspecified atom stereocenters. The first kappa shape index (κ1) is 8.05. The van der Waals surface area contributed by atoms with Crippen molar-refractivity contribution in [2.24, 2.45) is 5.92 Å². The monoisotopic (exact) mass is 169 g/mol. The van der Waals surface area contributed by atoms with E-state index in [1.807, 2.05) is 0 Å². The number of carbonyl (C=O) groups is 1. The molecule has 0 aromatic carbocycles. The van der Waals surface area contributed by atoms with Crippen LogP contribution in [0.3, 0.4) is 0 Å². The van der Waals surface area contributed by atoms with Crippen LogP contribution in [-0.4, -0.2) is 23.2 Å². The van der Waals surface area contributed by atoms with Crippen LogP contribution in [0.1, 0.15) is 32.1 Å². The molecule has 0 radical (unpaired) electrons. The zero-order chi connectivity index (χ0) is 8.60. The van der Waals surface area contributed by atoms with Gasteiger partial charge in [0.25, 0.3) is 0 Å². The summed E-state index contributed by atoms with van der Waals surface area (Å²) >= 11 is 0. The summed E-state index contributed by atoms with van der Waals surface area (Å²) in [7, 11) is 0. The van der Waals surface area contributed by atoms with Crippen molar-refractivity contribution in [2.75, 3.05) is 6.61 Å². The second-order valence-corrected chi connectivity index (χ2v) is 4.00. The molecule has 1 heterocycles. The maximum atomic E-state index is 11.2. The van der Waals surface area contributed by atoms with Gasteiger partial charge in [0, 0.05) is 24.5 Å². The molecule has 0 bridgehead atoms. The summed E-state index contributed by atoms with van der Waals surface area (Å²) in [6.45, 7) is 0.152. The summed E-state index contributed by atoms with van der Waals surface area (Å²) in [5, 5.41) is 12.1. The van der Waals surface area contributed by atoms with Crippen LogP contribution in [0.5, 0.6) is 0 Å². The molecule has 2 rings (SSSR count). The van der Waals surface area contributed by atoms with E-state index in [1.54, 1.807) is 0 Å². The van der Waals surface area contributed by atoms with Crippen molar-refractivity contribution in [1.29, 1.82) is 0 Å². The van der Waals surface area contributed by atoms with Gasteiger partial charge >= 0.3 is 0 Å². The summed E-state index contributed by atoms with van der Waals surface area (Å²) in [4.78, 5) is 11.2. The first-order chi connectivity index (χ1) is 5.77. The lowest BCUT2D eigenvalue weighted by Crippen LogP contribution is -2.44. The summed E-state index contributed by atoms with van der Waals surface area (Å²) in [6, 6.07) is 0. The third-order valence-electron chi connectivity index (χ3n) is 3.32. The minimum Gasteiger partial charge on any atom is -0.396 e. The number of amides is 1. The number of carbonyl (C=O) groups excluding carboxylic acids is 1. The van der Waals surface area contributed by atoms with Gasteiger partial charge in [0.2, 0.25) is 5.91 Å². The van der Waals surface area contributed by atoms with Crippen molar-refractivity contribution < 1.29 is 9.90 Å². The molecule has 1 atom stereocenters. The molecule has 1 aliphatic carbocycles. The van der Waals surface area contributed by atoms with Crippen molar-refractivity contribution in [3.8, 4) is 0 Å². The molecule has 1 saturated carbocycles. The number of aliphatic hydroxyl groups excluding tert-OH is 1. The average Bonchev–Trinajstić information content (AvgIpc) is 2.60. The number of rotatable bonds is 1. The van der Waals surface area contributed by atoms with Crippen LogP contribution in [0.15, 0.2) is 0 Å². The lowest BCUT2D eigenvalue weighted by molar-refractivity contribution is -0.119. The Morgan fingerprint density at radius 3 is 2.75 bits per heavy atom. The van der Waals surface area contributed by atoms with Crippen LogP contribution in [0.25, 0.3) is 0 Å². The second kappa shape index (κ2) is 2.73. The fraction of sp³-hybridized carbons (Fsp3) is 0.889. The fourth-order valence-electron chi connectivity index (χ4n) is 2.63. The minimum atomic E-state index is -0.0220. The minimum absolute atomic E-state index is 0.0220. The van der Waals surface area contributed by atoms with Crippen LogP contribution in [0, 0.1) is 5.92 Å². The molecule has 12 heavy (non-hydrogen) atoms. The Morgan fingerprint density at radius 1 is 1.50 bits per heavy atom. The van der Waals surface area contributed by atoms with E-state index >= 15 is 0 Å². The highest BCUT2D eigenvalue weighted by Gasteiger charge is 2.47. The normalized spacial score (nSPS) is 32.8. The predicted molar refractivity (Wildman–Crippen MR) is 44.5 cm³/mol. The van der Waals surface area contributed by atoms with E-state index in [0.717, 1.165) is 12.8 Å². The number of aliphatic hydroxyl groups is 1. The Balaban J connectivity index is 2.16. The fourth-order valence-corrected chi connectivity index (χ4v) is 2.63. The highest BCUT2D eigenvalue weighted by atomic mass is 16.3. The molecule has 1 saturated heterocycles. The van der Waals surface area contributed by atoms with Crippen LogP contribution >= 0.6 is 0 Å². The maximum absolute atomic E-state index is 11.2. The van der Waals surface area contributed by atoms with Gasteiger partial charge in [-0.15, -0.1) is 0 Å². The van der Waals surface area contributed by atoms with Gasteiger partial charge in [-0.25, -0.2) is 0 Å². The van der Waals surface area contributed by atoms with Gasteiger partial charge in [0.15, 0.2) is 0 Å². The number of nitrogens with one attached hydrogen (secondary N) is 1. The molecular formula is C9H15NO2. The molecular weight excluding hydrogens is 154 g/mol. The predicted octanol–water partition coefficient (Wildman–Crippen LogP) is 0.428. The number of hydrogen-bond donors (Lipinski definition) is 2. The van der Waals surface area contributed by atoms with Gasteiger partial charge in [0.05, 0.1) is 0 Å². The van der Waals surface area contributed by atoms with Crippen molar-refractivity contribution in [1.82, 2.24) is 5.32 Å². The smallest absolute Gasteiger partial charge is 0.220 e. The molecule has 2 aliphatic rings. The van der Waals surface area contributed by atoms with Crippen LogP contribution < -0.4 is 5.32 Å². The Bertz CT molecular complexity index is 197. The Labute approximate surface area is 72.2 Å². The van der Waals surface area contributed by atoms with Gasteiger partial charge in [-0.1, -0.05) is 12.8 Å². The van der Waals surface area contributed by atoms with E-state index < -0.39 is 0 Å². The zero-order valence-corrected chi connectivity index (χ0v) is 7.18. The van der Waals surface area contributed by atoms with Gasteiger partial charge in [-0.2, -0.15) is 0 Å². The second-order valence-electron chi connectivity index (χ2n) is 4.00. The largest absolute Gasteiger partial charge is 0.396 e. The van der Waals surface area contributed by atoms with Gasteiger partial charge in [-0.3, -0.25) is 4.79 Å². The quantitative estimate of drug-likeness (QED) is 0.598. The third-order valence-corrected chi connectivity index (χ3v) is 3.32. The Hall–Kier alpha value is -0.570. The van der Waals surface area contributed by atoms with Crippen LogP contribution in [0.4, 0.5) is 0 Å². The third kappa shape index (κ3) is 1.04. The average molecular weight is 169 g/mol. The molecule has 2 fully saturated rings. The van der Waals surface area contributed by atoms with E-state index in [-0.39, 0.29) is 24.0 Å². The van der Waals surface area contributed by atoms with Crippen molar-refractivity contribution in [3.63, 3.8) is 0 Å². The first-order valence-electron chi connectivity index (χ1n) is 4.69. The molecule has 1 aliphatic heterocycles. The van der Waals surface area contributed by atoms with Gasteiger partial charge < -0.3 is 10.4 Å². The highest BCUT2D eigenvalue weighted by molar-refractivity contribution is 5.80. The lowest BCUT2D eigenvalue weighted by Gasteiger charge is -2.29. The summed E-state index contributed by atoms with van der Waals surface area (Å²) in [5.41, 5.74) is -0.0220. The summed E-state index contributed by atoms with van der Waals surface area (Å²) in [5.74, 6) is 0.295. The van der Waals surface area contributed by atoms with Crippen LogP contribution in [0.2, 0.25) is 0 Å². The molecule has 3 heteroatoms. The molecule has 0 aromatic rings. The summed E-state index contributed by atoms with van der Waals surface area (Å²) < 4.78 is 0. The van der Waals surface area contributed by atoms with Crippen molar-refractivity contribution in [3.05, 3.63) is 0 Å². The number of hydrogen-bond acceptors (Lipinski definition) is 2. The Kier molecular flexibility index (Phi) is 1.83. The Morgan fingerprint density at radius 2 is 2.17 bits per heavy atom. The molecule has 0 aromatic heterocycles. The molecule has 3 nitrogen and oxygen atoms in total. The summed E-state index contributed by atoms with van der Waals surface area (Å²) in [6.07, 6.45) is 5.03. The zero-order valence-electron chi connectivity index (χ0n) is 7.18. The topological polar surface area (TPSA) is 49.3 Å². The van der Waals surface area contributed by atoms with E-state index in [1.165, 1.54) is 12.8 Å². The van der Waals surface area contributed by atoms with E-state index in [2.05, 4.69) is 5.32 Å². The van der Waals surface area contributed by atoms with E-state index in [4.69, 9.17) is 5.11 Å². The van der Waals surface area contributed by atoms with E-state index in [0.29, 0.717) is 6.42 Å². The van der Waals surface area contributed by atoms with Gasteiger partial charge in [0.1, 0.15) is 0 Å². The highest BCUT2D eigenvalue weighted by Crippen LogP contribution is 2.40. The standard InChI is InChI=1S/C9H15NO2/c11-6-7-5-8(12)10-9(7)3-1-2-4-9/h7,11H,1-6H2,(H,10,12). The molecule has 68 valence electrons. The molecule has 1 spiro atoms. The van der Waals surface area contributed by atoms with E-state index in [9.17, 15) is 4.79 Å². The first-order valence-corrected chi connectivity index (χ1v) is 4.69. The van der Waals surface area contributed by atoms with Crippen molar-refractivity contribution >= 4 is 5.91 Å². The van der Waals surface area contributed by atoms with Crippen molar-refractivity contribution in [2.45, 2.75) is 37.6 Å². The van der Waals surface area contributed by atoms with Crippen LogP contribution in [-0.2, 0) is 4.79 Å². The molecule has 2 N–H and O–H groups in total. The SMILES string of the molecule is O=C1CC(CO)C2(CCCC2)N1.